The van der Waals surface area contributed by atoms with Gasteiger partial charge in [0.25, 0.3) is 5.91 Å². The van der Waals surface area contributed by atoms with Gasteiger partial charge in [-0.05, 0) is 31.2 Å². The number of nitro groups is 1. The molecule has 0 aliphatic rings. The summed E-state index contributed by atoms with van der Waals surface area (Å²) in [6.07, 6.45) is 3.46. The number of nitro benzene ring substituents is 1. The minimum atomic E-state index is -0.585. The number of benzene rings is 1. The predicted octanol–water partition coefficient (Wildman–Crippen LogP) is 2.81. The van der Waals surface area contributed by atoms with Crippen LogP contribution in [0.1, 0.15) is 16.1 Å². The minimum Gasteiger partial charge on any atom is -0.490 e. The summed E-state index contributed by atoms with van der Waals surface area (Å²) in [5, 5.41) is 13.8. The summed E-state index contributed by atoms with van der Waals surface area (Å²) in [4.78, 5) is 27.1. The molecule has 3 rings (SSSR count). The highest BCUT2D eigenvalue weighted by molar-refractivity contribution is 6.05. The van der Waals surface area contributed by atoms with Gasteiger partial charge in [-0.25, -0.2) is 4.98 Å². The maximum Gasteiger partial charge on any atom is 0.311 e. The summed E-state index contributed by atoms with van der Waals surface area (Å²) in [7, 11) is 1.34. The molecule has 3 aromatic rings. The van der Waals surface area contributed by atoms with Crippen LogP contribution < -0.4 is 10.1 Å². The van der Waals surface area contributed by atoms with Crippen LogP contribution in [0, 0.1) is 17.0 Å². The first-order valence-corrected chi connectivity index (χ1v) is 7.07. The third kappa shape index (κ3) is 2.65. The summed E-state index contributed by atoms with van der Waals surface area (Å²) in [5.74, 6) is -0.337. The molecule has 1 amide bonds. The number of fused-ring (bicyclic) bond motifs is 1. The highest BCUT2D eigenvalue weighted by atomic mass is 16.6. The lowest BCUT2D eigenvalue weighted by atomic mass is 10.1. The number of aryl methyl sites for hydroxylation is 1. The van der Waals surface area contributed by atoms with Crippen molar-refractivity contribution in [3.63, 3.8) is 0 Å². The predicted molar refractivity (Wildman–Crippen MR) is 87.5 cm³/mol. The zero-order valence-electron chi connectivity index (χ0n) is 13.0. The number of hydrogen-bond acceptors (Lipinski definition) is 5. The van der Waals surface area contributed by atoms with Gasteiger partial charge in [0.15, 0.2) is 5.75 Å². The number of carbonyl (C=O) groups is 1. The first-order chi connectivity index (χ1) is 11.5. The fraction of sp³-hybridized carbons (Fsp3) is 0.125. The Labute approximate surface area is 136 Å². The molecule has 0 aliphatic heterocycles. The van der Waals surface area contributed by atoms with Gasteiger partial charge >= 0.3 is 5.69 Å². The van der Waals surface area contributed by atoms with E-state index in [9.17, 15) is 14.9 Å². The van der Waals surface area contributed by atoms with Crippen LogP contribution in [0.2, 0.25) is 0 Å². The molecular weight excluding hydrogens is 312 g/mol. The molecule has 8 heteroatoms. The fourth-order valence-electron chi connectivity index (χ4n) is 2.43. The van der Waals surface area contributed by atoms with Gasteiger partial charge in [-0.3, -0.25) is 14.9 Å². The van der Waals surface area contributed by atoms with Crippen LogP contribution in [0.5, 0.6) is 5.75 Å². The molecule has 0 spiro atoms. The van der Waals surface area contributed by atoms with Crippen molar-refractivity contribution in [3.05, 3.63) is 64.1 Å². The average Bonchev–Trinajstić information content (AvgIpc) is 3.06. The molecule has 122 valence electrons. The number of methoxy groups -OCH3 is 1. The van der Waals surface area contributed by atoms with E-state index in [4.69, 9.17) is 4.74 Å². The van der Waals surface area contributed by atoms with Crippen LogP contribution >= 0.6 is 0 Å². The highest BCUT2D eigenvalue weighted by Gasteiger charge is 2.18. The Hall–Kier alpha value is -3.42. The number of carbonyl (C=O) groups excluding carboxylic acids is 1. The van der Waals surface area contributed by atoms with Crippen LogP contribution in [0.4, 0.5) is 11.4 Å². The number of imidazole rings is 1. The fourth-order valence-corrected chi connectivity index (χ4v) is 2.43. The summed E-state index contributed by atoms with van der Waals surface area (Å²) >= 11 is 0. The first kappa shape index (κ1) is 15.5. The van der Waals surface area contributed by atoms with Crippen LogP contribution in [-0.2, 0) is 0 Å². The van der Waals surface area contributed by atoms with Crippen LogP contribution in [0.15, 0.2) is 42.7 Å². The lowest BCUT2D eigenvalue weighted by molar-refractivity contribution is -0.385. The van der Waals surface area contributed by atoms with Gasteiger partial charge in [0.05, 0.1) is 17.7 Å². The maximum atomic E-state index is 12.4. The van der Waals surface area contributed by atoms with E-state index in [0.29, 0.717) is 5.69 Å². The van der Waals surface area contributed by atoms with Gasteiger partial charge in [0, 0.05) is 29.7 Å². The van der Waals surface area contributed by atoms with E-state index in [0.717, 1.165) is 11.3 Å². The molecule has 24 heavy (non-hydrogen) atoms. The lowest BCUT2D eigenvalue weighted by Gasteiger charge is -2.10. The van der Waals surface area contributed by atoms with Gasteiger partial charge in [-0.1, -0.05) is 0 Å². The lowest BCUT2D eigenvalue weighted by Crippen LogP contribution is -2.14. The molecule has 0 atom stereocenters. The average molecular weight is 326 g/mol. The summed E-state index contributed by atoms with van der Waals surface area (Å²) < 4.78 is 6.77. The molecule has 2 heterocycles. The monoisotopic (exact) mass is 326 g/mol. The molecule has 1 N–H and O–H groups in total. The Morgan fingerprint density at radius 2 is 2.12 bits per heavy atom. The van der Waals surface area contributed by atoms with Crippen molar-refractivity contribution in [2.24, 2.45) is 0 Å². The van der Waals surface area contributed by atoms with E-state index in [-0.39, 0.29) is 17.0 Å². The Morgan fingerprint density at radius 3 is 2.83 bits per heavy atom. The van der Waals surface area contributed by atoms with E-state index >= 15 is 0 Å². The Morgan fingerprint density at radius 1 is 1.33 bits per heavy atom. The number of rotatable bonds is 4. The molecule has 1 aromatic carbocycles. The third-order valence-corrected chi connectivity index (χ3v) is 3.71. The molecule has 0 bridgehead atoms. The second-order valence-electron chi connectivity index (χ2n) is 5.09. The molecule has 2 aromatic heterocycles. The van der Waals surface area contributed by atoms with Crippen molar-refractivity contribution in [1.82, 2.24) is 9.38 Å². The molecule has 0 radical (unpaired) electrons. The number of pyridine rings is 1. The Bertz CT molecular complexity index is 948. The van der Waals surface area contributed by atoms with Crippen molar-refractivity contribution in [3.8, 4) is 5.75 Å². The zero-order valence-corrected chi connectivity index (χ0v) is 13.0. The number of aromatic nitrogens is 2. The first-order valence-electron chi connectivity index (χ1n) is 7.07. The van der Waals surface area contributed by atoms with Crippen molar-refractivity contribution in [1.29, 1.82) is 0 Å². The van der Waals surface area contributed by atoms with E-state index < -0.39 is 10.8 Å². The standard InChI is InChI=1S/C16H14N4O4/c1-10-12(4-6-15-17-7-8-19(10)15)18-16(21)11-3-5-14(24-2)13(9-11)20(22)23/h3-9H,1-2H3,(H,18,21). The Balaban J connectivity index is 1.93. The summed E-state index contributed by atoms with van der Waals surface area (Å²) in [6, 6.07) is 7.59. The van der Waals surface area contributed by atoms with Gasteiger partial charge in [0.2, 0.25) is 0 Å². The topological polar surface area (TPSA) is 98.8 Å². The van der Waals surface area contributed by atoms with Crippen molar-refractivity contribution in [2.45, 2.75) is 6.92 Å². The molecule has 0 saturated carbocycles. The van der Waals surface area contributed by atoms with Crippen molar-refractivity contribution >= 4 is 22.9 Å². The number of amides is 1. The normalized spacial score (nSPS) is 10.6. The molecule has 0 aliphatic carbocycles. The minimum absolute atomic E-state index is 0.104. The second kappa shape index (κ2) is 5.99. The van der Waals surface area contributed by atoms with Crippen LogP contribution in [0.3, 0.4) is 0 Å². The van der Waals surface area contributed by atoms with Gasteiger partial charge in [0.1, 0.15) is 5.65 Å². The number of hydrogen-bond donors (Lipinski definition) is 1. The SMILES string of the molecule is COc1ccc(C(=O)Nc2ccc3nccn3c2C)cc1[N+](=O)[O-]. The molecule has 0 fully saturated rings. The molecular formula is C16H14N4O4. The number of nitrogens with zero attached hydrogens (tertiary/aromatic N) is 3. The molecule has 0 saturated heterocycles. The van der Waals surface area contributed by atoms with E-state index in [1.165, 1.54) is 25.3 Å². The number of ether oxygens (including phenoxy) is 1. The number of anilines is 1. The maximum absolute atomic E-state index is 12.4. The van der Waals surface area contributed by atoms with E-state index in [2.05, 4.69) is 10.3 Å². The van der Waals surface area contributed by atoms with E-state index in [1.807, 2.05) is 11.3 Å². The molecule has 0 unspecified atom stereocenters. The quantitative estimate of drug-likeness (QED) is 0.587. The highest BCUT2D eigenvalue weighted by Crippen LogP contribution is 2.28. The Kier molecular flexibility index (Phi) is 3.87. The van der Waals surface area contributed by atoms with Crippen molar-refractivity contribution in [2.75, 3.05) is 12.4 Å². The summed E-state index contributed by atoms with van der Waals surface area (Å²) in [5.41, 5.74) is 2.09. The van der Waals surface area contributed by atoms with Crippen LogP contribution in [-0.4, -0.2) is 27.3 Å². The smallest absolute Gasteiger partial charge is 0.311 e. The largest absolute Gasteiger partial charge is 0.490 e. The van der Waals surface area contributed by atoms with Crippen molar-refractivity contribution < 1.29 is 14.5 Å². The zero-order chi connectivity index (χ0) is 17.3. The number of nitrogens with one attached hydrogen (secondary N) is 1. The second-order valence-corrected chi connectivity index (χ2v) is 5.09. The third-order valence-electron chi connectivity index (χ3n) is 3.71. The van der Waals surface area contributed by atoms with Gasteiger partial charge in [-0.15, -0.1) is 0 Å². The van der Waals surface area contributed by atoms with E-state index in [1.54, 1.807) is 24.5 Å². The summed E-state index contributed by atoms with van der Waals surface area (Å²) in [6.45, 7) is 1.85. The molecule has 8 nitrogen and oxygen atoms in total. The van der Waals surface area contributed by atoms with Gasteiger partial charge < -0.3 is 14.5 Å². The van der Waals surface area contributed by atoms with Crippen LogP contribution in [0.25, 0.3) is 5.65 Å². The van der Waals surface area contributed by atoms with Gasteiger partial charge in [-0.2, -0.15) is 0 Å².